The topological polar surface area (TPSA) is 34.9 Å². The van der Waals surface area contributed by atoms with Crippen molar-refractivity contribution in [2.75, 3.05) is 0 Å². The Morgan fingerprint density at radius 1 is 1.17 bits per heavy atom. The molecule has 0 aliphatic carbocycles. The Hall–Kier alpha value is -1.78. The lowest BCUT2D eigenvalue weighted by molar-refractivity contribution is 0.633. The lowest BCUT2D eigenvalue weighted by Gasteiger charge is -2.16. The number of hydrogen-bond acceptors (Lipinski definition) is 3. The van der Waals surface area contributed by atoms with Crippen molar-refractivity contribution in [3.8, 4) is 0 Å². The summed E-state index contributed by atoms with van der Waals surface area (Å²) in [5.74, 6) is 0. The van der Waals surface area contributed by atoms with Crippen molar-refractivity contribution >= 4 is 34.3 Å². The predicted molar refractivity (Wildman–Crippen MR) is 97.4 cm³/mol. The van der Waals surface area contributed by atoms with Crippen molar-refractivity contribution in [3.05, 3.63) is 69.5 Å². The van der Waals surface area contributed by atoms with Crippen molar-refractivity contribution in [1.82, 2.24) is 9.55 Å². The summed E-state index contributed by atoms with van der Waals surface area (Å²) in [6, 6.07) is 15.2. The van der Waals surface area contributed by atoms with Gasteiger partial charge in [0.25, 0.3) is 5.56 Å². The molecule has 3 nitrogen and oxygen atoms in total. The second kappa shape index (κ2) is 6.77. The highest BCUT2D eigenvalue weighted by molar-refractivity contribution is 7.99. The molecule has 0 saturated heterocycles. The first kappa shape index (κ1) is 16.1. The van der Waals surface area contributed by atoms with Crippen LogP contribution in [0.15, 0.2) is 58.5 Å². The Balaban J connectivity index is 2.06. The van der Waals surface area contributed by atoms with Gasteiger partial charge in [0, 0.05) is 16.8 Å². The summed E-state index contributed by atoms with van der Waals surface area (Å²) < 4.78 is 1.72. The third-order valence-corrected chi connectivity index (χ3v) is 5.24. The van der Waals surface area contributed by atoms with Gasteiger partial charge < -0.3 is 0 Å². The molecule has 23 heavy (non-hydrogen) atoms. The van der Waals surface area contributed by atoms with E-state index in [2.05, 4.69) is 11.9 Å². The highest BCUT2D eigenvalue weighted by atomic mass is 35.5. The highest BCUT2D eigenvalue weighted by Gasteiger charge is 2.16. The summed E-state index contributed by atoms with van der Waals surface area (Å²) in [6.45, 7) is 4.63. The van der Waals surface area contributed by atoms with E-state index in [0.717, 1.165) is 21.3 Å². The molecule has 3 rings (SSSR count). The predicted octanol–water partition coefficient (Wildman–Crippen LogP) is 4.92. The maximum atomic E-state index is 12.6. The van der Waals surface area contributed by atoms with E-state index >= 15 is 0 Å². The fourth-order valence-electron chi connectivity index (χ4n) is 2.54. The number of aromatic nitrogens is 2. The summed E-state index contributed by atoms with van der Waals surface area (Å²) in [5, 5.41) is 2.22. The third-order valence-electron chi connectivity index (χ3n) is 3.77. The summed E-state index contributed by atoms with van der Waals surface area (Å²) in [6.07, 6.45) is 0. The van der Waals surface area contributed by atoms with Crippen LogP contribution >= 0.6 is 23.4 Å². The van der Waals surface area contributed by atoms with Gasteiger partial charge in [0.2, 0.25) is 0 Å². The van der Waals surface area contributed by atoms with Crippen LogP contribution in [0, 0.1) is 0 Å². The van der Waals surface area contributed by atoms with E-state index in [4.69, 9.17) is 11.6 Å². The lowest BCUT2D eigenvalue weighted by atomic mass is 10.2. The molecule has 0 radical (unpaired) electrons. The Kier molecular flexibility index (Phi) is 4.74. The van der Waals surface area contributed by atoms with Crippen LogP contribution in [-0.2, 0) is 6.54 Å². The first-order valence-corrected chi connectivity index (χ1v) is 8.78. The van der Waals surface area contributed by atoms with Gasteiger partial charge in [-0.15, -0.1) is 0 Å². The maximum Gasteiger partial charge on any atom is 0.262 e. The molecule has 0 bridgehead atoms. The monoisotopic (exact) mass is 344 g/mol. The van der Waals surface area contributed by atoms with Crippen LogP contribution in [0.3, 0.4) is 0 Å². The molecule has 1 heterocycles. The SMILES string of the molecule is CCn1c(S[C@H](C)c2ccccc2Cl)nc2ccccc2c1=O. The molecule has 0 aliphatic heterocycles. The molecule has 0 amide bonds. The number of fused-ring (bicyclic) bond motifs is 1. The van der Waals surface area contributed by atoms with E-state index < -0.39 is 0 Å². The van der Waals surface area contributed by atoms with E-state index in [1.54, 1.807) is 16.3 Å². The second-order valence-electron chi connectivity index (χ2n) is 5.24. The minimum atomic E-state index is 0.00644. The number of thioether (sulfide) groups is 1. The molecular weight excluding hydrogens is 328 g/mol. The van der Waals surface area contributed by atoms with E-state index in [1.165, 1.54) is 0 Å². The van der Waals surface area contributed by atoms with E-state index in [9.17, 15) is 4.79 Å². The molecule has 3 aromatic rings. The standard InChI is InChI=1S/C18H17ClN2OS/c1-3-21-17(22)14-9-5-7-11-16(14)20-18(21)23-12(2)13-8-4-6-10-15(13)19/h4-12H,3H2,1-2H3/t12-/m1/s1. The van der Waals surface area contributed by atoms with Gasteiger partial charge in [0.15, 0.2) is 5.16 Å². The number of nitrogens with zero attached hydrogens (tertiary/aromatic N) is 2. The molecule has 0 spiro atoms. The number of benzene rings is 2. The van der Waals surface area contributed by atoms with Crippen LogP contribution in [0.2, 0.25) is 5.02 Å². The largest absolute Gasteiger partial charge is 0.287 e. The van der Waals surface area contributed by atoms with Gasteiger partial charge in [-0.25, -0.2) is 4.98 Å². The van der Waals surface area contributed by atoms with Gasteiger partial charge in [-0.05, 0) is 37.6 Å². The molecule has 2 aromatic carbocycles. The zero-order valence-corrected chi connectivity index (χ0v) is 14.6. The Morgan fingerprint density at radius 2 is 1.87 bits per heavy atom. The Morgan fingerprint density at radius 3 is 2.61 bits per heavy atom. The molecule has 5 heteroatoms. The molecular formula is C18H17ClN2OS. The van der Waals surface area contributed by atoms with Gasteiger partial charge >= 0.3 is 0 Å². The molecule has 0 N–H and O–H groups in total. The van der Waals surface area contributed by atoms with E-state index in [1.807, 2.05) is 55.5 Å². The van der Waals surface area contributed by atoms with Crippen LogP contribution in [0.1, 0.15) is 24.7 Å². The maximum absolute atomic E-state index is 12.6. The molecule has 0 saturated carbocycles. The smallest absolute Gasteiger partial charge is 0.262 e. The summed E-state index contributed by atoms with van der Waals surface area (Å²) in [4.78, 5) is 17.3. The van der Waals surface area contributed by atoms with Crippen molar-refractivity contribution < 1.29 is 0 Å². The van der Waals surface area contributed by atoms with Crippen molar-refractivity contribution in [3.63, 3.8) is 0 Å². The fraction of sp³-hybridized carbons (Fsp3) is 0.222. The summed E-state index contributed by atoms with van der Waals surface area (Å²) >= 11 is 7.84. The average Bonchev–Trinajstić information content (AvgIpc) is 2.55. The van der Waals surface area contributed by atoms with Crippen LogP contribution in [-0.4, -0.2) is 9.55 Å². The second-order valence-corrected chi connectivity index (χ2v) is 6.96. The van der Waals surface area contributed by atoms with E-state index in [-0.39, 0.29) is 10.8 Å². The number of rotatable bonds is 4. The zero-order chi connectivity index (χ0) is 16.4. The third kappa shape index (κ3) is 3.14. The molecule has 118 valence electrons. The average molecular weight is 345 g/mol. The Bertz CT molecular complexity index is 907. The molecule has 1 atom stereocenters. The highest BCUT2D eigenvalue weighted by Crippen LogP contribution is 2.36. The van der Waals surface area contributed by atoms with Crippen LogP contribution < -0.4 is 5.56 Å². The van der Waals surface area contributed by atoms with Crippen LogP contribution in [0.5, 0.6) is 0 Å². The van der Waals surface area contributed by atoms with Crippen LogP contribution in [0.25, 0.3) is 10.9 Å². The molecule has 1 aromatic heterocycles. The van der Waals surface area contributed by atoms with Gasteiger partial charge in [0.05, 0.1) is 10.9 Å². The fourth-order valence-corrected chi connectivity index (χ4v) is 4.05. The minimum Gasteiger partial charge on any atom is -0.287 e. The van der Waals surface area contributed by atoms with Crippen molar-refractivity contribution in [1.29, 1.82) is 0 Å². The van der Waals surface area contributed by atoms with Gasteiger partial charge in [0.1, 0.15) is 0 Å². The molecule has 0 unspecified atom stereocenters. The van der Waals surface area contributed by atoms with Gasteiger partial charge in [-0.2, -0.15) is 0 Å². The first-order valence-electron chi connectivity index (χ1n) is 7.52. The number of para-hydroxylation sites is 1. The van der Waals surface area contributed by atoms with E-state index in [0.29, 0.717) is 11.9 Å². The van der Waals surface area contributed by atoms with Crippen molar-refractivity contribution in [2.24, 2.45) is 0 Å². The molecule has 0 aliphatic rings. The number of halogens is 1. The summed E-state index contributed by atoms with van der Waals surface area (Å²) in [5.41, 5.74) is 1.78. The normalized spacial score (nSPS) is 12.5. The summed E-state index contributed by atoms with van der Waals surface area (Å²) in [7, 11) is 0. The molecule has 0 fully saturated rings. The quantitative estimate of drug-likeness (QED) is 0.497. The Labute approximate surface area is 144 Å². The van der Waals surface area contributed by atoms with Crippen LogP contribution in [0.4, 0.5) is 0 Å². The lowest BCUT2D eigenvalue weighted by Crippen LogP contribution is -2.22. The van der Waals surface area contributed by atoms with Crippen molar-refractivity contribution in [2.45, 2.75) is 30.8 Å². The van der Waals surface area contributed by atoms with Gasteiger partial charge in [-0.1, -0.05) is 53.7 Å². The zero-order valence-electron chi connectivity index (χ0n) is 13.0. The minimum absolute atomic E-state index is 0.00644. The number of hydrogen-bond donors (Lipinski definition) is 0. The first-order chi connectivity index (χ1) is 11.1. The van der Waals surface area contributed by atoms with Gasteiger partial charge in [-0.3, -0.25) is 9.36 Å².